The third-order valence-corrected chi connectivity index (χ3v) is 2.32. The fourth-order valence-electron chi connectivity index (χ4n) is 1.48. The van der Waals surface area contributed by atoms with Gasteiger partial charge in [-0.3, -0.25) is 4.79 Å². The maximum atomic E-state index is 12.9. The van der Waals surface area contributed by atoms with E-state index in [1.165, 1.54) is 0 Å². The van der Waals surface area contributed by atoms with Crippen molar-refractivity contribution in [3.63, 3.8) is 0 Å². The first-order valence-electron chi connectivity index (χ1n) is 5.39. The average molecular weight is 268 g/mol. The summed E-state index contributed by atoms with van der Waals surface area (Å²) in [5.74, 6) is -1.43. The Bertz CT molecular complexity index is 617. The molecule has 0 saturated heterocycles. The highest BCUT2D eigenvalue weighted by Gasteiger charge is 2.06. The monoisotopic (exact) mass is 268 g/mol. The Morgan fingerprint density at radius 2 is 1.84 bits per heavy atom. The number of aliphatic hydroxyl groups excluding tert-OH is 1. The zero-order chi connectivity index (χ0) is 13.8. The summed E-state index contributed by atoms with van der Waals surface area (Å²) < 4.78 is 35.9. The number of halogens is 2. The summed E-state index contributed by atoms with van der Waals surface area (Å²) >= 11 is 0. The van der Waals surface area contributed by atoms with Crippen LogP contribution in [0.25, 0.3) is 0 Å². The van der Waals surface area contributed by atoms with Gasteiger partial charge in [0.25, 0.3) is 0 Å². The molecule has 0 spiro atoms. The van der Waals surface area contributed by atoms with Gasteiger partial charge in [-0.1, -0.05) is 0 Å². The highest BCUT2D eigenvalue weighted by Crippen LogP contribution is 2.12. The zero-order valence-electron chi connectivity index (χ0n) is 9.73. The number of hydrogen-bond acceptors (Lipinski definition) is 4. The van der Waals surface area contributed by atoms with E-state index in [1.807, 2.05) is 0 Å². The predicted molar refractivity (Wildman–Crippen MR) is 61.6 cm³/mol. The molecule has 0 saturated carbocycles. The van der Waals surface area contributed by atoms with Crippen molar-refractivity contribution in [1.82, 2.24) is 0 Å². The topological polar surface area (TPSA) is 59.7 Å². The summed E-state index contributed by atoms with van der Waals surface area (Å²) in [5, 5.41) is 8.77. The lowest BCUT2D eigenvalue weighted by Crippen LogP contribution is -2.08. The fourth-order valence-corrected chi connectivity index (χ4v) is 1.48. The smallest absolute Gasteiger partial charge is 0.227 e. The molecule has 4 nitrogen and oxygen atoms in total. The molecule has 0 amide bonds. The van der Waals surface area contributed by atoms with Crippen LogP contribution in [0.1, 0.15) is 11.3 Å². The number of hydrogen-bond donors (Lipinski definition) is 1. The van der Waals surface area contributed by atoms with Crippen LogP contribution >= 0.6 is 0 Å². The van der Waals surface area contributed by atoms with Crippen molar-refractivity contribution in [3.8, 4) is 5.75 Å². The van der Waals surface area contributed by atoms with Crippen LogP contribution in [0.2, 0.25) is 0 Å². The van der Waals surface area contributed by atoms with Crippen molar-refractivity contribution >= 4 is 0 Å². The molecule has 0 aliphatic rings. The van der Waals surface area contributed by atoms with E-state index in [0.29, 0.717) is 0 Å². The Morgan fingerprint density at radius 3 is 2.42 bits per heavy atom. The van der Waals surface area contributed by atoms with Crippen molar-refractivity contribution in [2.75, 3.05) is 0 Å². The van der Waals surface area contributed by atoms with Crippen molar-refractivity contribution < 1.29 is 23.0 Å². The van der Waals surface area contributed by atoms with Gasteiger partial charge in [0.1, 0.15) is 36.9 Å². The number of rotatable bonds is 4. The van der Waals surface area contributed by atoms with E-state index < -0.39 is 23.7 Å². The van der Waals surface area contributed by atoms with E-state index >= 15 is 0 Å². The van der Waals surface area contributed by atoms with E-state index in [4.69, 9.17) is 14.3 Å². The molecule has 0 aliphatic carbocycles. The van der Waals surface area contributed by atoms with E-state index in [1.54, 1.807) is 0 Å². The lowest BCUT2D eigenvalue weighted by Gasteiger charge is -2.06. The van der Waals surface area contributed by atoms with E-state index in [0.717, 1.165) is 30.5 Å². The molecule has 1 aromatic carbocycles. The van der Waals surface area contributed by atoms with Crippen molar-refractivity contribution in [2.45, 2.75) is 13.2 Å². The van der Waals surface area contributed by atoms with Gasteiger partial charge in [0, 0.05) is 12.1 Å². The van der Waals surface area contributed by atoms with Gasteiger partial charge in [-0.25, -0.2) is 8.78 Å². The van der Waals surface area contributed by atoms with Gasteiger partial charge in [-0.05, 0) is 17.7 Å². The molecular formula is C13H10F2O4. The Balaban J connectivity index is 2.12. The maximum Gasteiger partial charge on any atom is 0.227 e. The van der Waals surface area contributed by atoms with Crippen molar-refractivity contribution in [3.05, 3.63) is 63.7 Å². The average Bonchev–Trinajstić information content (AvgIpc) is 2.36. The molecule has 0 atom stereocenters. The van der Waals surface area contributed by atoms with Gasteiger partial charge in [-0.15, -0.1) is 0 Å². The van der Waals surface area contributed by atoms with Crippen LogP contribution in [0, 0.1) is 11.6 Å². The second kappa shape index (κ2) is 5.62. The molecule has 0 fully saturated rings. The van der Waals surface area contributed by atoms with Gasteiger partial charge in [0.15, 0.2) is 0 Å². The minimum absolute atomic E-state index is 0.0955. The van der Waals surface area contributed by atoms with Gasteiger partial charge in [-0.2, -0.15) is 0 Å². The van der Waals surface area contributed by atoms with Crippen molar-refractivity contribution in [1.29, 1.82) is 0 Å². The summed E-state index contributed by atoms with van der Waals surface area (Å²) in [7, 11) is 0. The van der Waals surface area contributed by atoms with Crippen LogP contribution in [0.3, 0.4) is 0 Å². The highest BCUT2D eigenvalue weighted by molar-refractivity contribution is 5.20. The van der Waals surface area contributed by atoms with Crippen LogP contribution in [0.4, 0.5) is 8.78 Å². The van der Waals surface area contributed by atoms with Gasteiger partial charge in [0.2, 0.25) is 11.2 Å². The summed E-state index contributed by atoms with van der Waals surface area (Å²) in [6.45, 7) is -0.567. The fraction of sp³-hybridized carbons (Fsp3) is 0.154. The molecule has 0 unspecified atom stereocenters. The molecule has 2 rings (SSSR count). The highest BCUT2D eigenvalue weighted by atomic mass is 19.1. The summed E-state index contributed by atoms with van der Waals surface area (Å²) in [6, 6.07) is 4.04. The van der Waals surface area contributed by atoms with Gasteiger partial charge >= 0.3 is 0 Å². The molecule has 1 aromatic heterocycles. The quantitative estimate of drug-likeness (QED) is 0.921. The Labute approximate surface area is 106 Å². The van der Waals surface area contributed by atoms with Crippen molar-refractivity contribution in [2.24, 2.45) is 0 Å². The molecule has 0 bridgehead atoms. The van der Waals surface area contributed by atoms with Crippen LogP contribution in [-0.4, -0.2) is 5.11 Å². The third kappa shape index (κ3) is 3.38. The second-order valence-electron chi connectivity index (χ2n) is 3.80. The number of benzene rings is 1. The SMILES string of the molecule is O=c1cc(CO)occ1OCc1cc(F)cc(F)c1. The van der Waals surface area contributed by atoms with Crippen LogP contribution in [-0.2, 0) is 13.2 Å². The largest absolute Gasteiger partial charge is 0.482 e. The molecule has 1 N–H and O–H groups in total. The van der Waals surface area contributed by atoms with E-state index in [-0.39, 0.29) is 23.7 Å². The molecule has 100 valence electrons. The lowest BCUT2D eigenvalue weighted by atomic mass is 10.2. The van der Waals surface area contributed by atoms with Crippen LogP contribution in [0.5, 0.6) is 5.75 Å². The van der Waals surface area contributed by atoms with Crippen LogP contribution < -0.4 is 10.2 Å². The lowest BCUT2D eigenvalue weighted by molar-refractivity contribution is 0.236. The molecule has 19 heavy (non-hydrogen) atoms. The third-order valence-electron chi connectivity index (χ3n) is 2.32. The molecule has 6 heteroatoms. The first-order chi connectivity index (χ1) is 9.08. The minimum Gasteiger partial charge on any atom is -0.482 e. The van der Waals surface area contributed by atoms with Crippen LogP contribution in [0.15, 0.2) is 39.7 Å². The molecule has 0 radical (unpaired) electrons. The normalized spacial score (nSPS) is 10.5. The minimum atomic E-state index is -0.721. The summed E-state index contributed by atoms with van der Waals surface area (Å²) in [4.78, 5) is 11.5. The zero-order valence-corrected chi connectivity index (χ0v) is 9.73. The summed E-state index contributed by atoms with van der Waals surface area (Å²) in [6.07, 6.45) is 1.05. The molecular weight excluding hydrogens is 258 g/mol. The van der Waals surface area contributed by atoms with E-state index in [9.17, 15) is 13.6 Å². The Morgan fingerprint density at radius 1 is 1.16 bits per heavy atom. The number of aliphatic hydroxyl groups is 1. The number of ether oxygens (including phenoxy) is 1. The van der Waals surface area contributed by atoms with E-state index in [2.05, 4.69) is 0 Å². The molecule has 1 heterocycles. The van der Waals surface area contributed by atoms with Gasteiger partial charge in [0.05, 0.1) is 0 Å². The first-order valence-corrected chi connectivity index (χ1v) is 5.39. The predicted octanol–water partition coefficient (Wildman–Crippen LogP) is 1.99. The first kappa shape index (κ1) is 13.2. The summed E-state index contributed by atoms with van der Waals surface area (Å²) in [5.41, 5.74) is -0.227. The standard InChI is InChI=1S/C13H10F2O4/c14-9-1-8(2-10(15)3-9)6-19-13-7-18-11(5-16)4-12(13)17/h1-4,7,16H,5-6H2. The second-order valence-corrected chi connectivity index (χ2v) is 3.80. The Kier molecular flexibility index (Phi) is 3.91. The molecule has 2 aromatic rings. The molecule has 0 aliphatic heterocycles. The maximum absolute atomic E-state index is 12.9. The Hall–Kier alpha value is -2.21. The van der Waals surface area contributed by atoms with Gasteiger partial charge < -0.3 is 14.3 Å².